The predicted molar refractivity (Wildman–Crippen MR) is 235 cm³/mol. The topological polar surface area (TPSA) is 80.3 Å². The number of furan rings is 2. The SMILES string of the molecule is N#Cc1cccc(N(c2ccccc2)c2ccc3cc4c(cc3c2)oc2c4ccc3oc4cc5cc(N(c6ccccc6)c6cccc(C#N)c6)ccc5cc4c32)c1. The number of fused-ring (bicyclic) bond motifs is 9. The van der Waals surface area contributed by atoms with Crippen LogP contribution in [0.3, 0.4) is 0 Å². The Kier molecular flexibility index (Phi) is 7.50. The third-order valence-corrected chi connectivity index (χ3v) is 11.0. The van der Waals surface area contributed by atoms with Crippen molar-refractivity contribution in [3.63, 3.8) is 0 Å². The summed E-state index contributed by atoms with van der Waals surface area (Å²) in [6.45, 7) is 0. The monoisotopic (exact) mass is 742 g/mol. The predicted octanol–water partition coefficient (Wildman–Crippen LogP) is 14.5. The number of para-hydroxylation sites is 2. The van der Waals surface area contributed by atoms with E-state index in [9.17, 15) is 10.5 Å². The molecule has 58 heavy (non-hydrogen) atoms. The molecule has 0 radical (unpaired) electrons. The standard InChI is InChI=1S/C52H30N4O2/c53-31-33-9-7-15-41(23-33)55(39-11-3-1-4-12-39)43-19-17-35-27-46-45-21-22-48-51(52(45)58-49(46)29-37(35)25-43)47-28-36-18-20-44(26-38(36)30-50(47)57-48)56(40-13-5-2-6-14-40)42-16-8-10-34(24-42)32-54/h1-30H. The van der Waals surface area contributed by atoms with Crippen molar-refractivity contribution in [1.29, 1.82) is 10.5 Å². The van der Waals surface area contributed by atoms with Gasteiger partial charge in [0.2, 0.25) is 0 Å². The Balaban J connectivity index is 1.04. The minimum Gasteiger partial charge on any atom is -0.456 e. The Labute approximate surface area is 332 Å². The summed E-state index contributed by atoms with van der Waals surface area (Å²) in [5.41, 5.74) is 10.1. The number of nitriles is 2. The van der Waals surface area contributed by atoms with Crippen molar-refractivity contribution in [2.45, 2.75) is 0 Å². The summed E-state index contributed by atoms with van der Waals surface area (Å²) in [6, 6.07) is 66.0. The molecule has 6 heteroatoms. The van der Waals surface area contributed by atoms with Gasteiger partial charge < -0.3 is 18.6 Å². The van der Waals surface area contributed by atoms with E-state index in [0.29, 0.717) is 11.1 Å². The summed E-state index contributed by atoms with van der Waals surface area (Å²) in [7, 11) is 0. The van der Waals surface area contributed by atoms with Crippen LogP contribution < -0.4 is 9.80 Å². The summed E-state index contributed by atoms with van der Waals surface area (Å²) in [5.74, 6) is 0. The van der Waals surface area contributed by atoms with E-state index in [-0.39, 0.29) is 0 Å². The summed E-state index contributed by atoms with van der Waals surface area (Å²) in [4.78, 5) is 4.34. The van der Waals surface area contributed by atoms with E-state index in [2.05, 4.69) is 113 Å². The fourth-order valence-electron chi connectivity index (χ4n) is 8.31. The first kappa shape index (κ1) is 33.1. The fraction of sp³-hybridized carbons (Fsp3) is 0. The third kappa shape index (κ3) is 5.40. The Hall–Kier alpha value is -8.32. The van der Waals surface area contributed by atoms with Gasteiger partial charge in [0.1, 0.15) is 22.3 Å². The molecule has 0 N–H and O–H groups in total. The molecule has 0 atom stereocenters. The smallest absolute Gasteiger partial charge is 0.147 e. The van der Waals surface area contributed by atoms with Gasteiger partial charge in [-0.25, -0.2) is 0 Å². The van der Waals surface area contributed by atoms with Crippen LogP contribution in [0.2, 0.25) is 0 Å². The van der Waals surface area contributed by atoms with E-state index in [4.69, 9.17) is 8.83 Å². The van der Waals surface area contributed by atoms with Crippen LogP contribution in [-0.4, -0.2) is 0 Å². The molecule has 9 aromatic carbocycles. The van der Waals surface area contributed by atoms with Gasteiger partial charge in [0.15, 0.2) is 0 Å². The Bertz CT molecular complexity index is 3500. The molecule has 0 bridgehead atoms. The maximum absolute atomic E-state index is 9.66. The summed E-state index contributed by atoms with van der Waals surface area (Å²) < 4.78 is 13.3. The molecule has 270 valence electrons. The zero-order valence-corrected chi connectivity index (χ0v) is 30.9. The maximum Gasteiger partial charge on any atom is 0.147 e. The van der Waals surface area contributed by atoms with E-state index in [1.165, 1.54) is 0 Å². The lowest BCUT2D eigenvalue weighted by Gasteiger charge is -2.26. The van der Waals surface area contributed by atoms with Gasteiger partial charge in [0, 0.05) is 50.3 Å². The van der Waals surface area contributed by atoms with Crippen LogP contribution in [0.1, 0.15) is 11.1 Å². The van der Waals surface area contributed by atoms with Crippen molar-refractivity contribution in [3.8, 4) is 12.1 Å². The summed E-state index contributed by atoms with van der Waals surface area (Å²) in [5, 5.41) is 27.6. The minimum absolute atomic E-state index is 0.603. The van der Waals surface area contributed by atoms with E-state index >= 15 is 0 Å². The second-order valence-corrected chi connectivity index (χ2v) is 14.4. The Morgan fingerprint density at radius 1 is 0.345 bits per heavy atom. The second-order valence-electron chi connectivity index (χ2n) is 14.4. The number of benzene rings is 9. The Morgan fingerprint density at radius 2 is 0.845 bits per heavy atom. The van der Waals surface area contributed by atoms with Crippen molar-refractivity contribution >= 4 is 99.5 Å². The number of rotatable bonds is 6. The average molecular weight is 743 g/mol. The lowest BCUT2D eigenvalue weighted by atomic mass is 10.0. The van der Waals surface area contributed by atoms with Gasteiger partial charge in [-0.1, -0.05) is 60.7 Å². The third-order valence-electron chi connectivity index (χ3n) is 11.0. The van der Waals surface area contributed by atoms with E-state index in [1.54, 1.807) is 0 Å². The lowest BCUT2D eigenvalue weighted by molar-refractivity contribution is 0.663. The molecule has 0 aliphatic rings. The van der Waals surface area contributed by atoms with Gasteiger partial charge in [0.05, 0.1) is 28.7 Å². The largest absolute Gasteiger partial charge is 0.456 e. The zero-order valence-electron chi connectivity index (χ0n) is 30.9. The second kappa shape index (κ2) is 13.2. The van der Waals surface area contributed by atoms with Gasteiger partial charge in [-0.15, -0.1) is 0 Å². The van der Waals surface area contributed by atoms with Crippen LogP contribution in [0.4, 0.5) is 34.1 Å². The molecule has 0 fully saturated rings. The fourth-order valence-corrected chi connectivity index (χ4v) is 8.31. The molecule has 0 saturated heterocycles. The van der Waals surface area contributed by atoms with Gasteiger partial charge in [-0.2, -0.15) is 10.5 Å². The molecule has 11 rings (SSSR count). The lowest BCUT2D eigenvalue weighted by Crippen LogP contribution is -2.09. The quantitative estimate of drug-likeness (QED) is 0.169. The number of nitrogens with zero attached hydrogens (tertiary/aromatic N) is 4. The zero-order chi connectivity index (χ0) is 38.7. The highest BCUT2D eigenvalue weighted by Crippen LogP contribution is 2.44. The van der Waals surface area contributed by atoms with Crippen LogP contribution in [0.25, 0.3) is 65.4 Å². The van der Waals surface area contributed by atoms with E-state index < -0.39 is 0 Å². The number of hydrogen-bond donors (Lipinski definition) is 0. The molecule has 0 saturated carbocycles. The van der Waals surface area contributed by atoms with Crippen molar-refractivity contribution in [3.05, 3.63) is 193 Å². The van der Waals surface area contributed by atoms with Gasteiger partial charge in [-0.3, -0.25) is 0 Å². The highest BCUT2D eigenvalue weighted by atomic mass is 16.3. The van der Waals surface area contributed by atoms with Crippen molar-refractivity contribution < 1.29 is 8.83 Å². The normalized spacial score (nSPS) is 11.4. The molecular weight excluding hydrogens is 713 g/mol. The number of hydrogen-bond acceptors (Lipinski definition) is 6. The van der Waals surface area contributed by atoms with Gasteiger partial charge in [-0.05, 0) is 143 Å². The molecule has 6 nitrogen and oxygen atoms in total. The minimum atomic E-state index is 0.603. The van der Waals surface area contributed by atoms with Crippen LogP contribution >= 0.6 is 0 Å². The molecule has 11 aromatic rings. The highest BCUT2D eigenvalue weighted by Gasteiger charge is 2.20. The molecule has 0 aliphatic carbocycles. The molecule has 2 heterocycles. The first-order valence-electron chi connectivity index (χ1n) is 19.0. The number of anilines is 6. The Morgan fingerprint density at radius 3 is 1.40 bits per heavy atom. The molecular formula is C52H30N4O2. The molecule has 2 aromatic heterocycles. The van der Waals surface area contributed by atoms with Crippen LogP contribution in [0, 0.1) is 22.7 Å². The molecule has 0 unspecified atom stereocenters. The van der Waals surface area contributed by atoms with E-state index in [1.807, 2.05) is 91.0 Å². The average Bonchev–Trinajstić information content (AvgIpc) is 3.82. The van der Waals surface area contributed by atoms with Crippen LogP contribution in [0.5, 0.6) is 0 Å². The maximum atomic E-state index is 9.66. The molecule has 0 spiro atoms. The molecule has 0 amide bonds. The van der Waals surface area contributed by atoms with Crippen LogP contribution in [-0.2, 0) is 0 Å². The first-order chi connectivity index (χ1) is 28.6. The summed E-state index contributed by atoms with van der Waals surface area (Å²) in [6.07, 6.45) is 0. The van der Waals surface area contributed by atoms with Crippen molar-refractivity contribution in [2.24, 2.45) is 0 Å². The van der Waals surface area contributed by atoms with E-state index in [0.717, 1.165) is 99.5 Å². The van der Waals surface area contributed by atoms with Gasteiger partial charge >= 0.3 is 0 Å². The molecule has 0 aliphatic heterocycles. The summed E-state index contributed by atoms with van der Waals surface area (Å²) >= 11 is 0. The first-order valence-corrected chi connectivity index (χ1v) is 19.0. The van der Waals surface area contributed by atoms with Gasteiger partial charge in [0.25, 0.3) is 0 Å². The van der Waals surface area contributed by atoms with Crippen molar-refractivity contribution in [1.82, 2.24) is 0 Å². The van der Waals surface area contributed by atoms with Crippen molar-refractivity contribution in [2.75, 3.05) is 9.80 Å². The van der Waals surface area contributed by atoms with Crippen LogP contribution in [0.15, 0.2) is 191 Å². The highest BCUT2D eigenvalue weighted by molar-refractivity contribution is 6.24.